The molecular weight excluding hydrogens is 214 g/mol. The molecule has 0 aromatic rings. The minimum atomic E-state index is -4.86. The summed E-state index contributed by atoms with van der Waals surface area (Å²) in [5.41, 5.74) is -0.536. The largest absolute Gasteiger partial charge is 0.506 e. The van der Waals surface area contributed by atoms with Crippen molar-refractivity contribution in [2.24, 2.45) is 5.92 Å². The summed E-state index contributed by atoms with van der Waals surface area (Å²) >= 11 is 0. The van der Waals surface area contributed by atoms with Crippen molar-refractivity contribution in [2.75, 3.05) is 13.1 Å². The summed E-state index contributed by atoms with van der Waals surface area (Å²) in [6.07, 6.45) is 5.76. The highest BCUT2D eigenvalue weighted by molar-refractivity contribution is 6.66. The summed E-state index contributed by atoms with van der Waals surface area (Å²) in [4.78, 5) is 2.00. The van der Waals surface area contributed by atoms with Crippen LogP contribution in [0.25, 0.3) is 0 Å². The van der Waals surface area contributed by atoms with Crippen molar-refractivity contribution in [1.82, 2.24) is 4.90 Å². The van der Waals surface area contributed by atoms with Crippen molar-refractivity contribution < 1.29 is 12.9 Å². The van der Waals surface area contributed by atoms with Crippen molar-refractivity contribution in [1.29, 1.82) is 0 Å². The van der Waals surface area contributed by atoms with Gasteiger partial charge in [-0.3, -0.25) is 4.90 Å². The van der Waals surface area contributed by atoms with Gasteiger partial charge in [-0.05, 0) is 38.3 Å². The van der Waals surface area contributed by atoms with Crippen LogP contribution in [-0.2, 0) is 0 Å². The third kappa shape index (κ3) is 2.45. The van der Waals surface area contributed by atoms with Crippen LogP contribution in [-0.4, -0.2) is 31.0 Å². The van der Waals surface area contributed by atoms with Gasteiger partial charge in [0, 0.05) is 6.04 Å². The highest BCUT2D eigenvalue weighted by atomic mass is 19.4. The van der Waals surface area contributed by atoms with Crippen molar-refractivity contribution in [3.8, 4) is 0 Å². The van der Waals surface area contributed by atoms with Gasteiger partial charge in [-0.1, -0.05) is 12.8 Å². The van der Waals surface area contributed by atoms with Crippen LogP contribution < -0.4 is 0 Å². The fourth-order valence-electron chi connectivity index (χ4n) is 3.06. The molecule has 1 saturated heterocycles. The summed E-state index contributed by atoms with van der Waals surface area (Å²) in [6, 6.07) is 0.392. The first-order valence-corrected chi connectivity index (χ1v) is 6.10. The van der Waals surface area contributed by atoms with E-state index in [4.69, 9.17) is 0 Å². The van der Waals surface area contributed by atoms with Gasteiger partial charge in [0.25, 0.3) is 0 Å². The Morgan fingerprint density at radius 2 is 1.88 bits per heavy atom. The van der Waals surface area contributed by atoms with Crippen LogP contribution in [0.15, 0.2) is 12.1 Å². The van der Waals surface area contributed by atoms with Crippen LogP contribution in [0.4, 0.5) is 12.9 Å². The minimum absolute atomic E-state index is 0.0324. The molecule has 0 bridgehead atoms. The van der Waals surface area contributed by atoms with Crippen LogP contribution in [0.5, 0.6) is 0 Å². The maximum atomic E-state index is 12.5. The lowest BCUT2D eigenvalue weighted by Crippen LogP contribution is -2.39. The standard InChI is InChI=1S/C11H18BF3N/c1-9(12(13,14)15)8-16-7-6-10-4-2-3-5-11(10)16/h10-11H,1-8H2/q-1/t10-,11-/m0/s1. The number of rotatable bonds is 3. The lowest BCUT2D eigenvalue weighted by Gasteiger charge is -2.33. The Labute approximate surface area is 94.7 Å². The van der Waals surface area contributed by atoms with Crippen LogP contribution in [0, 0.1) is 5.92 Å². The van der Waals surface area contributed by atoms with Crippen LogP contribution >= 0.6 is 0 Å². The summed E-state index contributed by atoms with van der Waals surface area (Å²) < 4.78 is 37.4. The van der Waals surface area contributed by atoms with Crippen LogP contribution in [0.2, 0.25) is 0 Å². The van der Waals surface area contributed by atoms with E-state index in [9.17, 15) is 12.9 Å². The molecule has 0 amide bonds. The number of hydrogen-bond acceptors (Lipinski definition) is 1. The predicted octanol–water partition coefficient (Wildman–Crippen LogP) is 3.19. The van der Waals surface area contributed by atoms with E-state index in [0.29, 0.717) is 12.0 Å². The Balaban J connectivity index is 1.93. The second-order valence-corrected chi connectivity index (χ2v) is 5.10. The molecule has 0 radical (unpaired) electrons. The Hall–Kier alpha value is -0.445. The molecule has 1 nitrogen and oxygen atoms in total. The summed E-state index contributed by atoms with van der Waals surface area (Å²) in [5.74, 6) is 0.641. The van der Waals surface area contributed by atoms with E-state index >= 15 is 0 Å². The Morgan fingerprint density at radius 3 is 2.56 bits per heavy atom. The zero-order valence-corrected chi connectivity index (χ0v) is 9.47. The van der Waals surface area contributed by atoms with Gasteiger partial charge in [-0.2, -0.15) is 0 Å². The average Bonchev–Trinajstić information content (AvgIpc) is 2.61. The topological polar surface area (TPSA) is 3.24 Å². The first kappa shape index (κ1) is 12.0. The van der Waals surface area contributed by atoms with E-state index in [0.717, 1.165) is 19.4 Å². The van der Waals surface area contributed by atoms with Crippen LogP contribution in [0.1, 0.15) is 32.1 Å². The van der Waals surface area contributed by atoms with E-state index in [-0.39, 0.29) is 6.54 Å². The molecule has 92 valence electrons. The fraction of sp³-hybridized carbons (Fsp3) is 0.818. The van der Waals surface area contributed by atoms with Crippen molar-refractivity contribution >= 4 is 6.98 Å². The molecule has 2 atom stereocenters. The highest BCUT2D eigenvalue weighted by Crippen LogP contribution is 2.37. The van der Waals surface area contributed by atoms with Crippen molar-refractivity contribution in [3.05, 3.63) is 12.1 Å². The van der Waals surface area contributed by atoms with Gasteiger partial charge < -0.3 is 12.9 Å². The molecule has 1 saturated carbocycles. The normalized spacial score (nSPS) is 31.4. The Kier molecular flexibility index (Phi) is 3.33. The number of halogens is 3. The molecule has 0 unspecified atom stereocenters. The molecule has 16 heavy (non-hydrogen) atoms. The second kappa shape index (κ2) is 4.44. The number of nitrogens with zero attached hydrogens (tertiary/aromatic N) is 1. The maximum absolute atomic E-state index is 12.5. The number of hydrogen-bond donors (Lipinski definition) is 0. The molecule has 0 aromatic heterocycles. The fourth-order valence-corrected chi connectivity index (χ4v) is 3.06. The van der Waals surface area contributed by atoms with E-state index in [2.05, 4.69) is 6.58 Å². The van der Waals surface area contributed by atoms with E-state index in [1.165, 1.54) is 19.3 Å². The molecule has 0 aromatic carbocycles. The van der Waals surface area contributed by atoms with Gasteiger partial charge in [0.2, 0.25) is 0 Å². The van der Waals surface area contributed by atoms with E-state index in [1.54, 1.807) is 0 Å². The zero-order valence-electron chi connectivity index (χ0n) is 9.47. The van der Waals surface area contributed by atoms with E-state index in [1.807, 2.05) is 4.90 Å². The van der Waals surface area contributed by atoms with Crippen molar-refractivity contribution in [2.45, 2.75) is 38.1 Å². The summed E-state index contributed by atoms with van der Waals surface area (Å²) in [6.45, 7) is -0.815. The minimum Gasteiger partial charge on any atom is -0.445 e. The van der Waals surface area contributed by atoms with E-state index < -0.39 is 12.4 Å². The number of fused-ring (bicyclic) bond motifs is 1. The highest BCUT2D eigenvalue weighted by Gasteiger charge is 2.37. The third-order valence-electron chi connectivity index (χ3n) is 3.99. The van der Waals surface area contributed by atoms with Gasteiger partial charge in [0.1, 0.15) is 0 Å². The van der Waals surface area contributed by atoms with Gasteiger partial charge in [0.15, 0.2) is 0 Å². The predicted molar refractivity (Wildman–Crippen MR) is 60.2 cm³/mol. The molecule has 1 heterocycles. The maximum Gasteiger partial charge on any atom is 0.506 e. The molecule has 0 N–H and O–H groups in total. The van der Waals surface area contributed by atoms with Gasteiger partial charge in [-0.15, -0.1) is 12.1 Å². The molecule has 2 fully saturated rings. The smallest absolute Gasteiger partial charge is 0.445 e. The SMILES string of the molecule is C=C(CN1CC[C@@H]2CCCC[C@@H]21)[B-](F)(F)F. The molecule has 0 spiro atoms. The molecular formula is C11H18BF3N-. The first-order chi connectivity index (χ1) is 7.48. The van der Waals surface area contributed by atoms with Gasteiger partial charge in [0.05, 0.1) is 0 Å². The lowest BCUT2D eigenvalue weighted by molar-refractivity contribution is 0.195. The molecule has 2 aliphatic rings. The van der Waals surface area contributed by atoms with Crippen LogP contribution in [0.3, 0.4) is 0 Å². The first-order valence-electron chi connectivity index (χ1n) is 6.10. The Bertz CT molecular complexity index is 277. The zero-order chi connectivity index (χ0) is 11.8. The molecule has 1 aliphatic heterocycles. The quantitative estimate of drug-likeness (QED) is 0.675. The number of likely N-dealkylation sites (tertiary alicyclic amines) is 1. The average molecular weight is 232 g/mol. The second-order valence-electron chi connectivity index (χ2n) is 5.10. The van der Waals surface area contributed by atoms with Crippen molar-refractivity contribution in [3.63, 3.8) is 0 Å². The van der Waals surface area contributed by atoms with Gasteiger partial charge >= 0.3 is 6.98 Å². The summed E-state index contributed by atoms with van der Waals surface area (Å²) in [5, 5.41) is 0. The molecule has 1 aliphatic carbocycles. The molecule has 5 heteroatoms. The van der Waals surface area contributed by atoms with Gasteiger partial charge in [-0.25, -0.2) is 0 Å². The monoisotopic (exact) mass is 232 g/mol. The molecule has 2 rings (SSSR count). The lowest BCUT2D eigenvalue weighted by atomic mass is 9.79. The Morgan fingerprint density at radius 1 is 1.19 bits per heavy atom. The third-order valence-corrected chi connectivity index (χ3v) is 3.99. The summed E-state index contributed by atoms with van der Waals surface area (Å²) in [7, 11) is 0.